The van der Waals surface area contributed by atoms with Gasteiger partial charge in [-0.25, -0.2) is 9.89 Å². The molecule has 3 rings (SSSR count). The first-order valence-electron chi connectivity index (χ1n) is 9.63. The molecule has 0 aliphatic carbocycles. The van der Waals surface area contributed by atoms with Crippen LogP contribution in [0.15, 0.2) is 65.5 Å². The zero-order valence-electron chi connectivity index (χ0n) is 16.0. The fourth-order valence-electron chi connectivity index (χ4n) is 3.10. The number of hydrogen-bond donors (Lipinski definition) is 1. The van der Waals surface area contributed by atoms with Gasteiger partial charge in [0.2, 0.25) is 0 Å². The van der Waals surface area contributed by atoms with Gasteiger partial charge in [-0.1, -0.05) is 86.8 Å². The number of nitrogens with zero attached hydrogens (tertiary/aromatic N) is 1. The molecule has 0 spiro atoms. The molecule has 144 valence electrons. The van der Waals surface area contributed by atoms with Gasteiger partial charge in [-0.05, 0) is 12.0 Å². The van der Waals surface area contributed by atoms with E-state index >= 15 is 0 Å². The van der Waals surface area contributed by atoms with Crippen LogP contribution in [0.2, 0.25) is 0 Å². The van der Waals surface area contributed by atoms with E-state index in [4.69, 9.17) is 4.74 Å². The normalized spacial score (nSPS) is 10.6. The number of carbonyl (C=O) groups is 1. The largest absolute Gasteiger partial charge is 0.462 e. The summed E-state index contributed by atoms with van der Waals surface area (Å²) in [5.74, 6) is -0.615. The summed E-state index contributed by atoms with van der Waals surface area (Å²) < 4.78 is 5.42. The van der Waals surface area contributed by atoms with Crippen molar-refractivity contribution in [2.24, 2.45) is 0 Å². The first-order valence-corrected chi connectivity index (χ1v) is 9.63. The van der Waals surface area contributed by atoms with Crippen molar-refractivity contribution in [2.75, 3.05) is 6.61 Å². The minimum Gasteiger partial charge on any atom is -0.462 e. The number of esters is 1. The Balaban J connectivity index is 2.04. The van der Waals surface area contributed by atoms with Crippen LogP contribution in [0.1, 0.15) is 43.0 Å². The Morgan fingerprint density at radius 3 is 2.21 bits per heavy atom. The molecular weight excluding hydrogens is 352 g/mol. The molecule has 28 heavy (non-hydrogen) atoms. The van der Waals surface area contributed by atoms with E-state index in [1.165, 1.54) is 0 Å². The number of ether oxygens (including phenoxy) is 1. The second-order valence-electron chi connectivity index (χ2n) is 6.58. The number of carbonyl (C=O) groups excluding carboxylic acids is 1. The molecule has 5 heteroatoms. The van der Waals surface area contributed by atoms with E-state index in [-0.39, 0.29) is 5.56 Å². The van der Waals surface area contributed by atoms with Crippen molar-refractivity contribution in [3.8, 4) is 22.4 Å². The first-order chi connectivity index (χ1) is 13.7. The van der Waals surface area contributed by atoms with Gasteiger partial charge in [0.25, 0.3) is 5.56 Å². The number of benzene rings is 2. The van der Waals surface area contributed by atoms with E-state index in [1.54, 1.807) is 0 Å². The number of nitrogens with one attached hydrogen (secondary N) is 1. The van der Waals surface area contributed by atoms with Crippen molar-refractivity contribution < 1.29 is 9.53 Å². The minimum atomic E-state index is -0.615. The number of aromatic nitrogens is 2. The van der Waals surface area contributed by atoms with Crippen molar-refractivity contribution >= 4 is 5.97 Å². The summed E-state index contributed by atoms with van der Waals surface area (Å²) in [4.78, 5) is 25.4. The second kappa shape index (κ2) is 9.65. The van der Waals surface area contributed by atoms with Crippen LogP contribution in [-0.4, -0.2) is 22.8 Å². The maximum Gasteiger partial charge on any atom is 0.344 e. The van der Waals surface area contributed by atoms with Crippen LogP contribution < -0.4 is 5.56 Å². The molecule has 0 atom stereocenters. The fourth-order valence-corrected chi connectivity index (χ4v) is 3.10. The topological polar surface area (TPSA) is 72.0 Å². The molecule has 0 amide bonds. The summed E-state index contributed by atoms with van der Waals surface area (Å²) >= 11 is 0. The van der Waals surface area contributed by atoms with Gasteiger partial charge >= 0.3 is 5.97 Å². The van der Waals surface area contributed by atoms with Gasteiger partial charge in [0, 0.05) is 11.1 Å². The van der Waals surface area contributed by atoms with Gasteiger partial charge in [0.15, 0.2) is 0 Å². The predicted molar refractivity (Wildman–Crippen MR) is 110 cm³/mol. The number of rotatable bonds is 8. The summed E-state index contributed by atoms with van der Waals surface area (Å²) in [5, 5.41) is 6.71. The molecule has 0 fully saturated rings. The van der Waals surface area contributed by atoms with Gasteiger partial charge in [0.05, 0.1) is 12.3 Å². The molecule has 0 radical (unpaired) electrons. The highest BCUT2D eigenvalue weighted by molar-refractivity contribution is 6.00. The monoisotopic (exact) mass is 376 g/mol. The molecule has 3 aromatic rings. The van der Waals surface area contributed by atoms with Crippen LogP contribution in [-0.2, 0) is 4.74 Å². The van der Waals surface area contributed by atoms with Gasteiger partial charge in [-0.15, -0.1) is 0 Å². The lowest BCUT2D eigenvalue weighted by Crippen LogP contribution is -2.23. The van der Waals surface area contributed by atoms with Crippen molar-refractivity contribution in [1.29, 1.82) is 0 Å². The Hall–Kier alpha value is -3.21. The van der Waals surface area contributed by atoms with Crippen molar-refractivity contribution in [3.63, 3.8) is 0 Å². The van der Waals surface area contributed by atoms with Gasteiger partial charge in [0.1, 0.15) is 5.56 Å². The zero-order valence-corrected chi connectivity index (χ0v) is 16.0. The van der Waals surface area contributed by atoms with Gasteiger partial charge in [-0.3, -0.25) is 4.79 Å². The van der Waals surface area contributed by atoms with E-state index in [9.17, 15) is 9.59 Å². The molecule has 1 aromatic heterocycles. The third-order valence-corrected chi connectivity index (χ3v) is 4.53. The molecular formula is C23H24N2O3. The van der Waals surface area contributed by atoms with Crippen LogP contribution >= 0.6 is 0 Å². The smallest absolute Gasteiger partial charge is 0.344 e. The van der Waals surface area contributed by atoms with Crippen LogP contribution in [0.4, 0.5) is 0 Å². The first kappa shape index (κ1) is 19.5. The van der Waals surface area contributed by atoms with Gasteiger partial charge < -0.3 is 4.74 Å². The third kappa shape index (κ3) is 4.55. The molecule has 2 aromatic carbocycles. The summed E-state index contributed by atoms with van der Waals surface area (Å²) in [6.07, 6.45) is 3.99. The summed E-state index contributed by atoms with van der Waals surface area (Å²) in [5.41, 5.74) is 2.05. The predicted octanol–water partition coefficient (Wildman–Crippen LogP) is 4.84. The van der Waals surface area contributed by atoms with Crippen molar-refractivity contribution in [1.82, 2.24) is 10.2 Å². The lowest BCUT2D eigenvalue weighted by atomic mass is 9.95. The molecule has 1 heterocycles. The molecule has 0 saturated carbocycles. The van der Waals surface area contributed by atoms with E-state index < -0.39 is 11.5 Å². The zero-order chi connectivity index (χ0) is 19.8. The molecule has 1 N–H and O–H groups in total. The number of hydrogen-bond acceptors (Lipinski definition) is 4. The highest BCUT2D eigenvalue weighted by Crippen LogP contribution is 2.31. The lowest BCUT2D eigenvalue weighted by Gasteiger charge is -2.13. The Labute approximate surface area is 164 Å². The Morgan fingerprint density at radius 1 is 0.929 bits per heavy atom. The third-order valence-electron chi connectivity index (χ3n) is 4.53. The van der Waals surface area contributed by atoms with E-state index in [0.717, 1.165) is 36.8 Å². The number of unbranched alkanes of at least 4 members (excludes halogenated alkanes) is 3. The highest BCUT2D eigenvalue weighted by atomic mass is 16.5. The summed E-state index contributed by atoms with van der Waals surface area (Å²) in [7, 11) is 0. The number of aromatic amines is 1. The van der Waals surface area contributed by atoms with Gasteiger partial charge in [-0.2, -0.15) is 5.10 Å². The highest BCUT2D eigenvalue weighted by Gasteiger charge is 2.23. The fraction of sp³-hybridized carbons (Fsp3) is 0.261. The van der Waals surface area contributed by atoms with Crippen LogP contribution in [0.25, 0.3) is 22.4 Å². The SMILES string of the molecule is CCCCCCOC(=O)c1c(-c2ccccc2)c(-c2ccccc2)n[nH]c1=O. The molecule has 5 nitrogen and oxygen atoms in total. The maximum atomic E-state index is 12.8. The Morgan fingerprint density at radius 2 is 1.57 bits per heavy atom. The standard InChI is InChI=1S/C23H24N2O3/c1-2-3-4-11-16-28-23(27)20-19(17-12-7-5-8-13-17)21(24-25-22(20)26)18-14-9-6-10-15-18/h5-10,12-15H,2-4,11,16H2,1H3,(H,25,26). The van der Waals surface area contributed by atoms with Crippen molar-refractivity contribution in [3.05, 3.63) is 76.6 Å². The van der Waals surface area contributed by atoms with Crippen molar-refractivity contribution in [2.45, 2.75) is 32.6 Å². The molecule has 0 unspecified atom stereocenters. The van der Waals surface area contributed by atoms with Crippen LogP contribution in [0.3, 0.4) is 0 Å². The number of H-pyrrole nitrogens is 1. The Bertz CT molecular complexity index is 966. The van der Waals surface area contributed by atoms with Crippen LogP contribution in [0.5, 0.6) is 0 Å². The maximum absolute atomic E-state index is 12.8. The quantitative estimate of drug-likeness (QED) is 0.451. The van der Waals surface area contributed by atoms with E-state index in [1.807, 2.05) is 60.7 Å². The Kier molecular flexibility index (Phi) is 6.73. The van der Waals surface area contributed by atoms with Crippen LogP contribution in [0, 0.1) is 0 Å². The summed E-state index contributed by atoms with van der Waals surface area (Å²) in [6.45, 7) is 2.43. The second-order valence-corrected chi connectivity index (χ2v) is 6.58. The lowest BCUT2D eigenvalue weighted by molar-refractivity contribution is 0.0496. The van der Waals surface area contributed by atoms with E-state index in [0.29, 0.717) is 17.9 Å². The average Bonchev–Trinajstić information content (AvgIpc) is 2.74. The molecule has 0 bridgehead atoms. The molecule has 0 aliphatic heterocycles. The molecule has 0 saturated heterocycles. The molecule has 0 aliphatic rings. The minimum absolute atomic E-state index is 0.00413. The summed E-state index contributed by atoms with van der Waals surface area (Å²) in [6, 6.07) is 18.8. The van der Waals surface area contributed by atoms with E-state index in [2.05, 4.69) is 17.1 Å². The average molecular weight is 376 g/mol.